The molecule has 12 heavy (non-hydrogen) atoms. The Kier molecular flexibility index (Phi) is 2.28. The van der Waals surface area contributed by atoms with Crippen molar-refractivity contribution in [3.8, 4) is 0 Å². The van der Waals surface area contributed by atoms with Crippen molar-refractivity contribution in [2.45, 2.75) is 6.42 Å². The summed E-state index contributed by atoms with van der Waals surface area (Å²) in [5.74, 6) is 1.62. The zero-order valence-corrected chi connectivity index (χ0v) is 6.97. The van der Waals surface area contributed by atoms with Crippen LogP contribution in [0.2, 0.25) is 0 Å². The molecule has 0 saturated carbocycles. The molecule has 0 aromatic rings. The lowest BCUT2D eigenvalue weighted by Gasteiger charge is -2.03. The molecule has 0 aromatic carbocycles. The van der Waals surface area contributed by atoms with E-state index in [4.69, 9.17) is 5.14 Å². The molecule has 0 amide bonds. The van der Waals surface area contributed by atoms with Gasteiger partial charge in [-0.1, -0.05) is 6.08 Å². The van der Waals surface area contributed by atoms with E-state index in [0.717, 1.165) is 0 Å². The molecular weight excluding hydrogens is 178 g/mol. The molecule has 0 bridgehead atoms. The van der Waals surface area contributed by atoms with E-state index >= 15 is 0 Å². The van der Waals surface area contributed by atoms with Gasteiger partial charge in [0.1, 0.15) is 5.94 Å². The van der Waals surface area contributed by atoms with Gasteiger partial charge in [0.25, 0.3) is 0 Å². The van der Waals surface area contributed by atoms with E-state index in [2.05, 4.69) is 0 Å². The normalized spacial score (nSPS) is 17.1. The summed E-state index contributed by atoms with van der Waals surface area (Å²) in [6.07, 6.45) is 4.56. The quantitative estimate of drug-likeness (QED) is 0.578. The minimum absolute atomic E-state index is 0.0490. The second-order valence-corrected chi connectivity index (χ2v) is 3.89. The van der Waals surface area contributed by atoms with Gasteiger partial charge in [0.15, 0.2) is 0 Å². The van der Waals surface area contributed by atoms with Crippen LogP contribution in [-0.4, -0.2) is 14.4 Å². The van der Waals surface area contributed by atoms with Crippen molar-refractivity contribution in [3.63, 3.8) is 0 Å². The third-order valence-electron chi connectivity index (χ3n) is 1.40. The topological polar surface area (TPSA) is 77.2 Å². The van der Waals surface area contributed by atoms with Crippen LogP contribution in [0.1, 0.15) is 6.42 Å². The lowest BCUT2D eigenvalue weighted by Crippen LogP contribution is -2.14. The van der Waals surface area contributed by atoms with Crippen molar-refractivity contribution in [2.75, 3.05) is 0 Å². The maximum absolute atomic E-state index is 10.8. The van der Waals surface area contributed by atoms with Crippen LogP contribution in [0, 0.1) is 0 Å². The van der Waals surface area contributed by atoms with Crippen molar-refractivity contribution in [1.29, 1.82) is 0 Å². The predicted octanol–water partition coefficient (Wildman–Crippen LogP) is -0.123. The van der Waals surface area contributed by atoms with Gasteiger partial charge in [0.05, 0.1) is 4.91 Å². The second kappa shape index (κ2) is 3.06. The van der Waals surface area contributed by atoms with Crippen molar-refractivity contribution in [2.24, 2.45) is 5.14 Å². The van der Waals surface area contributed by atoms with E-state index in [1.807, 2.05) is 0 Å². The summed E-state index contributed by atoms with van der Waals surface area (Å²) in [6, 6.07) is 0. The zero-order chi connectivity index (χ0) is 9.19. The molecule has 0 saturated heterocycles. The molecule has 0 fully saturated rings. The number of rotatable bonds is 1. The van der Waals surface area contributed by atoms with E-state index in [0.29, 0.717) is 12.0 Å². The SMILES string of the molecule is NS(=O)(=O)C1=CC(=C=O)CC=C1. The molecule has 2 N–H and O–H groups in total. The van der Waals surface area contributed by atoms with E-state index in [9.17, 15) is 13.2 Å². The highest BCUT2D eigenvalue weighted by molar-refractivity contribution is 7.93. The fraction of sp³-hybridized carbons (Fsp3) is 0.143. The number of hydrogen-bond donors (Lipinski definition) is 1. The summed E-state index contributed by atoms with van der Waals surface area (Å²) in [5, 5.41) is 4.84. The molecule has 0 aliphatic heterocycles. The highest BCUT2D eigenvalue weighted by Gasteiger charge is 2.12. The van der Waals surface area contributed by atoms with Gasteiger partial charge in [0.2, 0.25) is 10.0 Å². The van der Waals surface area contributed by atoms with Gasteiger partial charge in [-0.15, -0.1) is 0 Å². The zero-order valence-electron chi connectivity index (χ0n) is 6.15. The molecule has 0 radical (unpaired) electrons. The van der Waals surface area contributed by atoms with Crippen LogP contribution in [0.5, 0.6) is 0 Å². The van der Waals surface area contributed by atoms with Crippen molar-refractivity contribution < 1.29 is 13.2 Å². The number of sulfonamides is 1. The Hall–Kier alpha value is -1.16. The second-order valence-electron chi connectivity index (χ2n) is 2.33. The number of carbonyl (C=O) groups excluding carboxylic acids is 1. The summed E-state index contributed by atoms with van der Waals surface area (Å²) < 4.78 is 21.5. The van der Waals surface area contributed by atoms with Crippen LogP contribution in [0.25, 0.3) is 0 Å². The van der Waals surface area contributed by atoms with Gasteiger partial charge < -0.3 is 0 Å². The average Bonchev–Trinajstić information content (AvgIpc) is 2.03. The van der Waals surface area contributed by atoms with Gasteiger partial charge in [0, 0.05) is 12.0 Å². The predicted molar refractivity (Wildman–Crippen MR) is 44.2 cm³/mol. The highest BCUT2D eigenvalue weighted by atomic mass is 32.2. The summed E-state index contributed by atoms with van der Waals surface area (Å²) >= 11 is 0. The van der Waals surface area contributed by atoms with Crippen molar-refractivity contribution in [1.82, 2.24) is 0 Å². The van der Waals surface area contributed by atoms with Crippen LogP contribution in [0.3, 0.4) is 0 Å². The molecule has 4 nitrogen and oxygen atoms in total. The third-order valence-corrected chi connectivity index (χ3v) is 2.31. The van der Waals surface area contributed by atoms with E-state index in [-0.39, 0.29) is 4.91 Å². The van der Waals surface area contributed by atoms with E-state index < -0.39 is 10.0 Å². The largest absolute Gasteiger partial charge is 0.238 e. The number of primary sulfonamides is 1. The van der Waals surface area contributed by atoms with Gasteiger partial charge in [-0.2, -0.15) is 0 Å². The summed E-state index contributed by atoms with van der Waals surface area (Å²) in [5.41, 5.74) is 0.293. The number of hydrogen-bond acceptors (Lipinski definition) is 3. The van der Waals surface area contributed by atoms with Crippen LogP contribution in [0.15, 0.2) is 28.7 Å². The Morgan fingerprint density at radius 3 is 2.67 bits per heavy atom. The first-order valence-electron chi connectivity index (χ1n) is 3.19. The van der Waals surface area contributed by atoms with Crippen molar-refractivity contribution >= 4 is 16.0 Å². The molecule has 0 atom stereocenters. The smallest absolute Gasteiger partial charge is 0.233 e. The first-order valence-corrected chi connectivity index (χ1v) is 4.73. The summed E-state index contributed by atoms with van der Waals surface area (Å²) in [6.45, 7) is 0. The Bertz CT molecular complexity index is 396. The Labute approximate surface area is 70.1 Å². The summed E-state index contributed by atoms with van der Waals surface area (Å²) in [7, 11) is -3.69. The van der Waals surface area contributed by atoms with Gasteiger partial charge in [-0.3, -0.25) is 0 Å². The van der Waals surface area contributed by atoms with E-state index in [1.54, 1.807) is 12.0 Å². The lowest BCUT2D eigenvalue weighted by molar-refractivity contribution is 0.567. The molecule has 1 rings (SSSR count). The Morgan fingerprint density at radius 2 is 2.17 bits per heavy atom. The maximum atomic E-state index is 10.8. The Balaban J connectivity index is 3.17. The molecule has 1 aliphatic rings. The molecule has 0 unspecified atom stereocenters. The van der Waals surface area contributed by atoms with Gasteiger partial charge >= 0.3 is 0 Å². The third kappa shape index (κ3) is 1.92. The fourth-order valence-corrected chi connectivity index (χ4v) is 1.42. The molecule has 0 spiro atoms. The fourth-order valence-electron chi connectivity index (χ4n) is 0.829. The molecule has 0 heterocycles. The highest BCUT2D eigenvalue weighted by Crippen LogP contribution is 2.15. The van der Waals surface area contributed by atoms with Crippen LogP contribution < -0.4 is 5.14 Å². The lowest BCUT2D eigenvalue weighted by atomic mass is 10.1. The van der Waals surface area contributed by atoms with Gasteiger partial charge in [-0.25, -0.2) is 18.4 Å². The molecule has 0 aromatic heterocycles. The van der Waals surface area contributed by atoms with E-state index in [1.165, 1.54) is 12.2 Å². The van der Waals surface area contributed by atoms with Crippen LogP contribution >= 0.6 is 0 Å². The first-order chi connectivity index (χ1) is 5.54. The number of nitrogens with two attached hydrogens (primary N) is 1. The van der Waals surface area contributed by atoms with Crippen molar-refractivity contribution in [3.05, 3.63) is 28.7 Å². The standard InChI is InChI=1S/C7H7NO3S/c8-12(10,11)7-3-1-2-6(4-7)5-9/h1,3-4H,2H2,(H2,8,10,11). The molecular formula is C7H7NO3S. The number of allylic oxidation sites excluding steroid dienone is 4. The average molecular weight is 185 g/mol. The molecule has 5 heteroatoms. The monoisotopic (exact) mass is 185 g/mol. The minimum Gasteiger partial charge on any atom is -0.233 e. The summed E-state index contributed by atoms with van der Waals surface area (Å²) in [4.78, 5) is 10.1. The maximum Gasteiger partial charge on any atom is 0.238 e. The van der Waals surface area contributed by atoms with Crippen LogP contribution in [-0.2, 0) is 14.8 Å². The molecule has 64 valence electrons. The molecule has 1 aliphatic carbocycles. The Morgan fingerprint density at radius 1 is 1.50 bits per heavy atom. The van der Waals surface area contributed by atoms with Gasteiger partial charge in [-0.05, 0) is 12.2 Å². The minimum atomic E-state index is -3.69. The van der Waals surface area contributed by atoms with Crippen LogP contribution in [0.4, 0.5) is 0 Å². The first kappa shape index (κ1) is 8.93.